The molecule has 92 valence electrons. The largest absolute Gasteiger partial charge is 0.391 e. The van der Waals surface area contributed by atoms with Crippen LogP contribution in [0.2, 0.25) is 5.02 Å². The summed E-state index contributed by atoms with van der Waals surface area (Å²) in [5, 5.41) is 11.1. The maximum Gasteiger partial charge on any atom is 0.0727 e. The van der Waals surface area contributed by atoms with Crippen molar-refractivity contribution in [3.8, 4) is 0 Å². The Morgan fingerprint density at radius 3 is 2.41 bits per heavy atom. The average molecular weight is 252 g/mol. The first kappa shape index (κ1) is 11.5. The highest BCUT2D eigenvalue weighted by atomic mass is 35.5. The standard InChI is InChI=1S/C14H18ClNO/c15-12-3-1-10(2-4-12)9-13-14(17)11-5-7-16(13)8-6-11/h1-4,11,13-14,17H,5-9H2. The van der Waals surface area contributed by atoms with E-state index in [1.165, 1.54) is 5.56 Å². The van der Waals surface area contributed by atoms with Crippen molar-refractivity contribution < 1.29 is 5.11 Å². The van der Waals surface area contributed by atoms with E-state index in [1.807, 2.05) is 12.1 Å². The number of fused-ring (bicyclic) bond motifs is 3. The van der Waals surface area contributed by atoms with Gasteiger partial charge in [-0.05, 0) is 56.0 Å². The summed E-state index contributed by atoms with van der Waals surface area (Å²) in [6, 6.07) is 8.31. The number of nitrogens with zero attached hydrogens (tertiary/aromatic N) is 1. The molecule has 0 aromatic heterocycles. The van der Waals surface area contributed by atoms with Gasteiger partial charge in [0.05, 0.1) is 6.10 Å². The minimum absolute atomic E-state index is 0.145. The Hall–Kier alpha value is -0.570. The zero-order valence-corrected chi connectivity index (χ0v) is 10.6. The van der Waals surface area contributed by atoms with E-state index in [0.29, 0.717) is 12.0 Å². The number of hydrogen-bond acceptors (Lipinski definition) is 2. The lowest BCUT2D eigenvalue weighted by atomic mass is 9.78. The molecule has 3 heteroatoms. The van der Waals surface area contributed by atoms with Gasteiger partial charge in [-0.25, -0.2) is 0 Å². The van der Waals surface area contributed by atoms with E-state index in [0.717, 1.165) is 37.4 Å². The van der Waals surface area contributed by atoms with E-state index < -0.39 is 0 Å². The van der Waals surface area contributed by atoms with Crippen LogP contribution in [0.4, 0.5) is 0 Å². The first-order valence-electron chi connectivity index (χ1n) is 6.40. The monoisotopic (exact) mass is 251 g/mol. The minimum atomic E-state index is -0.145. The summed E-state index contributed by atoms with van der Waals surface area (Å²) in [7, 11) is 0. The van der Waals surface area contributed by atoms with E-state index in [4.69, 9.17) is 11.6 Å². The van der Waals surface area contributed by atoms with Gasteiger partial charge < -0.3 is 5.11 Å². The summed E-state index contributed by atoms with van der Waals surface area (Å²) >= 11 is 5.89. The Morgan fingerprint density at radius 1 is 1.18 bits per heavy atom. The third-order valence-electron chi connectivity index (χ3n) is 4.28. The van der Waals surface area contributed by atoms with Crippen molar-refractivity contribution in [3.05, 3.63) is 34.9 Å². The van der Waals surface area contributed by atoms with Crippen LogP contribution in [-0.4, -0.2) is 35.2 Å². The Kier molecular flexibility index (Phi) is 3.12. The number of benzene rings is 1. The number of aliphatic hydroxyl groups is 1. The van der Waals surface area contributed by atoms with Crippen molar-refractivity contribution in [2.24, 2.45) is 5.92 Å². The number of aliphatic hydroxyl groups excluding tert-OH is 1. The fourth-order valence-electron chi connectivity index (χ4n) is 3.23. The van der Waals surface area contributed by atoms with Gasteiger partial charge in [-0.3, -0.25) is 4.90 Å². The van der Waals surface area contributed by atoms with Gasteiger partial charge in [-0.2, -0.15) is 0 Å². The molecule has 2 atom stereocenters. The van der Waals surface area contributed by atoms with Crippen LogP contribution in [0.25, 0.3) is 0 Å². The summed E-state index contributed by atoms with van der Waals surface area (Å²) in [4.78, 5) is 2.44. The lowest BCUT2D eigenvalue weighted by Gasteiger charge is -2.49. The minimum Gasteiger partial charge on any atom is -0.391 e. The second-order valence-electron chi connectivity index (χ2n) is 5.26. The van der Waals surface area contributed by atoms with Crippen LogP contribution < -0.4 is 0 Å². The quantitative estimate of drug-likeness (QED) is 0.872. The number of rotatable bonds is 2. The molecule has 2 bridgehead atoms. The highest BCUT2D eigenvalue weighted by Gasteiger charge is 2.40. The van der Waals surface area contributed by atoms with Crippen LogP contribution >= 0.6 is 11.6 Å². The topological polar surface area (TPSA) is 23.5 Å². The van der Waals surface area contributed by atoms with E-state index in [1.54, 1.807) is 0 Å². The fraction of sp³-hybridized carbons (Fsp3) is 0.571. The van der Waals surface area contributed by atoms with E-state index >= 15 is 0 Å². The number of halogens is 1. The molecule has 1 aromatic carbocycles. The van der Waals surface area contributed by atoms with Crippen LogP contribution in [0.1, 0.15) is 18.4 Å². The van der Waals surface area contributed by atoms with Crippen molar-refractivity contribution in [2.45, 2.75) is 31.4 Å². The molecule has 17 heavy (non-hydrogen) atoms. The van der Waals surface area contributed by atoms with Gasteiger partial charge in [-0.1, -0.05) is 23.7 Å². The predicted octanol–water partition coefficient (Wildman–Crippen LogP) is 2.34. The van der Waals surface area contributed by atoms with Crippen LogP contribution in [0.3, 0.4) is 0 Å². The van der Waals surface area contributed by atoms with Crippen molar-refractivity contribution in [1.29, 1.82) is 0 Å². The smallest absolute Gasteiger partial charge is 0.0727 e. The molecule has 0 radical (unpaired) electrons. The molecule has 0 amide bonds. The molecule has 3 heterocycles. The zero-order valence-electron chi connectivity index (χ0n) is 9.85. The number of piperidine rings is 3. The normalized spacial score (nSPS) is 36.1. The molecule has 1 aromatic rings. The molecule has 3 aliphatic heterocycles. The molecule has 0 aliphatic carbocycles. The molecule has 4 rings (SSSR count). The summed E-state index contributed by atoms with van der Waals surface area (Å²) in [6.45, 7) is 2.31. The second-order valence-corrected chi connectivity index (χ2v) is 5.70. The lowest BCUT2D eigenvalue weighted by Crippen LogP contribution is -2.58. The third-order valence-corrected chi connectivity index (χ3v) is 4.53. The third kappa shape index (κ3) is 2.22. The van der Waals surface area contributed by atoms with Crippen molar-refractivity contribution in [3.63, 3.8) is 0 Å². The van der Waals surface area contributed by atoms with Crippen LogP contribution in [0.5, 0.6) is 0 Å². The molecule has 3 fully saturated rings. The highest BCUT2D eigenvalue weighted by Crippen LogP contribution is 2.33. The lowest BCUT2D eigenvalue weighted by molar-refractivity contribution is -0.0715. The van der Waals surface area contributed by atoms with Gasteiger partial charge >= 0.3 is 0 Å². The summed E-state index contributed by atoms with van der Waals surface area (Å²) < 4.78 is 0. The van der Waals surface area contributed by atoms with Gasteiger partial charge in [-0.15, -0.1) is 0 Å². The molecule has 0 saturated carbocycles. The van der Waals surface area contributed by atoms with Crippen molar-refractivity contribution >= 4 is 11.6 Å². The van der Waals surface area contributed by atoms with Gasteiger partial charge in [0.1, 0.15) is 0 Å². The predicted molar refractivity (Wildman–Crippen MR) is 69.2 cm³/mol. The van der Waals surface area contributed by atoms with Gasteiger partial charge in [0.2, 0.25) is 0 Å². The molecular weight excluding hydrogens is 234 g/mol. The molecule has 2 unspecified atom stereocenters. The fourth-order valence-corrected chi connectivity index (χ4v) is 3.36. The van der Waals surface area contributed by atoms with Crippen LogP contribution in [0.15, 0.2) is 24.3 Å². The first-order valence-corrected chi connectivity index (χ1v) is 6.78. The maximum absolute atomic E-state index is 10.3. The SMILES string of the molecule is OC1C2CCN(CC2)C1Cc1ccc(Cl)cc1. The van der Waals surface area contributed by atoms with E-state index in [-0.39, 0.29) is 6.10 Å². The summed E-state index contributed by atoms with van der Waals surface area (Å²) in [5.74, 6) is 0.525. The second kappa shape index (κ2) is 4.60. The Balaban J connectivity index is 1.74. The molecule has 3 saturated heterocycles. The molecule has 3 aliphatic rings. The molecular formula is C14H18ClNO. The average Bonchev–Trinajstić information content (AvgIpc) is 2.37. The van der Waals surface area contributed by atoms with Crippen LogP contribution in [0, 0.1) is 5.92 Å². The highest BCUT2D eigenvalue weighted by molar-refractivity contribution is 6.30. The molecule has 2 nitrogen and oxygen atoms in total. The van der Waals surface area contributed by atoms with E-state index in [9.17, 15) is 5.11 Å². The Morgan fingerprint density at radius 2 is 1.82 bits per heavy atom. The van der Waals surface area contributed by atoms with E-state index in [2.05, 4.69) is 17.0 Å². The zero-order chi connectivity index (χ0) is 11.8. The molecule has 0 spiro atoms. The first-order chi connectivity index (χ1) is 8.24. The van der Waals surface area contributed by atoms with Crippen molar-refractivity contribution in [2.75, 3.05) is 13.1 Å². The Bertz CT molecular complexity index is 382. The maximum atomic E-state index is 10.3. The Labute approximate surface area is 107 Å². The summed E-state index contributed by atoms with van der Waals surface area (Å²) in [5.41, 5.74) is 1.27. The van der Waals surface area contributed by atoms with Gasteiger partial charge in [0.15, 0.2) is 0 Å². The number of hydrogen-bond donors (Lipinski definition) is 1. The molecule has 1 N–H and O–H groups in total. The summed E-state index contributed by atoms with van der Waals surface area (Å²) in [6.07, 6.45) is 3.12. The van der Waals surface area contributed by atoms with Gasteiger partial charge in [0.25, 0.3) is 0 Å². The van der Waals surface area contributed by atoms with Crippen LogP contribution in [-0.2, 0) is 6.42 Å². The van der Waals surface area contributed by atoms with Gasteiger partial charge in [0, 0.05) is 11.1 Å². The van der Waals surface area contributed by atoms with Crippen molar-refractivity contribution in [1.82, 2.24) is 4.90 Å².